The van der Waals surface area contributed by atoms with E-state index in [4.69, 9.17) is 5.73 Å². The zero-order chi connectivity index (χ0) is 15.5. The molecule has 0 saturated heterocycles. The molecular weight excluding hydrogens is 274 g/mol. The highest BCUT2D eigenvalue weighted by Gasteiger charge is 2.18. The van der Waals surface area contributed by atoms with Crippen LogP contribution in [0.4, 0.5) is 0 Å². The molecule has 5 nitrogen and oxygen atoms in total. The van der Waals surface area contributed by atoms with Crippen LogP contribution in [0.1, 0.15) is 44.1 Å². The van der Waals surface area contributed by atoms with Gasteiger partial charge in [0.05, 0.1) is 23.2 Å². The van der Waals surface area contributed by atoms with Crippen molar-refractivity contribution in [1.29, 1.82) is 0 Å². The second-order valence-corrected chi connectivity index (χ2v) is 8.34. The maximum absolute atomic E-state index is 11.9. The Balaban J connectivity index is 2.86. The summed E-state index contributed by atoms with van der Waals surface area (Å²) in [5.74, 6) is 0.131. The smallest absolute Gasteiger partial charge is 0.154 e. The molecular formula is C14H27N3O2S. The summed E-state index contributed by atoms with van der Waals surface area (Å²) in [7, 11) is -3.03. The molecule has 116 valence electrons. The van der Waals surface area contributed by atoms with Crippen LogP contribution in [0.3, 0.4) is 0 Å². The van der Waals surface area contributed by atoms with E-state index in [0.717, 1.165) is 29.8 Å². The highest BCUT2D eigenvalue weighted by Crippen LogP contribution is 2.16. The molecule has 0 bridgehead atoms. The highest BCUT2D eigenvalue weighted by molar-refractivity contribution is 7.91. The fraction of sp³-hybridized carbons (Fsp3) is 0.786. The van der Waals surface area contributed by atoms with Gasteiger partial charge in [-0.3, -0.25) is 4.68 Å². The minimum atomic E-state index is -3.03. The molecule has 2 N–H and O–H groups in total. The zero-order valence-corrected chi connectivity index (χ0v) is 14.0. The van der Waals surface area contributed by atoms with Crippen molar-refractivity contribution in [2.75, 3.05) is 5.75 Å². The fourth-order valence-corrected chi connectivity index (χ4v) is 3.00. The molecule has 0 spiro atoms. The zero-order valence-electron chi connectivity index (χ0n) is 13.2. The summed E-state index contributed by atoms with van der Waals surface area (Å²) in [4.78, 5) is 0. The predicted molar refractivity (Wildman–Crippen MR) is 82.6 cm³/mol. The number of hydrogen-bond donors (Lipinski definition) is 1. The summed E-state index contributed by atoms with van der Waals surface area (Å²) in [6.07, 6.45) is 1.72. The molecule has 1 aromatic rings. The Bertz CT molecular complexity index is 547. The molecule has 0 fully saturated rings. The Morgan fingerprint density at radius 3 is 2.40 bits per heavy atom. The van der Waals surface area contributed by atoms with Crippen molar-refractivity contribution in [3.05, 3.63) is 17.0 Å². The topological polar surface area (TPSA) is 78.0 Å². The summed E-state index contributed by atoms with van der Waals surface area (Å²) < 4.78 is 25.5. The molecule has 6 heteroatoms. The van der Waals surface area contributed by atoms with Crippen molar-refractivity contribution < 1.29 is 8.42 Å². The van der Waals surface area contributed by atoms with Gasteiger partial charge in [-0.15, -0.1) is 0 Å². The predicted octanol–water partition coefficient (Wildman–Crippen LogP) is 1.60. The molecule has 1 aromatic heterocycles. The van der Waals surface area contributed by atoms with Crippen LogP contribution in [0.2, 0.25) is 0 Å². The summed E-state index contributed by atoms with van der Waals surface area (Å²) in [6.45, 7) is 9.84. The van der Waals surface area contributed by atoms with Gasteiger partial charge in [0.15, 0.2) is 9.84 Å². The second kappa shape index (κ2) is 6.72. The quantitative estimate of drug-likeness (QED) is 0.830. The number of nitrogens with zero attached hydrogens (tertiary/aromatic N) is 2. The molecule has 20 heavy (non-hydrogen) atoms. The molecule has 0 aliphatic carbocycles. The summed E-state index contributed by atoms with van der Waals surface area (Å²) in [5.41, 5.74) is 9.14. The first kappa shape index (κ1) is 17.2. The lowest BCUT2D eigenvalue weighted by molar-refractivity contribution is 0.568. The van der Waals surface area contributed by atoms with Gasteiger partial charge in [0.1, 0.15) is 0 Å². The molecule has 0 amide bonds. The van der Waals surface area contributed by atoms with Gasteiger partial charge < -0.3 is 5.73 Å². The molecule has 0 saturated carbocycles. The van der Waals surface area contributed by atoms with Crippen LogP contribution in [0.15, 0.2) is 0 Å². The minimum absolute atomic E-state index is 0.129. The lowest BCUT2D eigenvalue weighted by atomic mass is 10.0. The van der Waals surface area contributed by atoms with Gasteiger partial charge >= 0.3 is 0 Å². The van der Waals surface area contributed by atoms with Crippen molar-refractivity contribution in [3.8, 4) is 0 Å². The van der Waals surface area contributed by atoms with Gasteiger partial charge in [-0.05, 0) is 46.1 Å². The average Bonchev–Trinajstić information content (AvgIpc) is 2.63. The van der Waals surface area contributed by atoms with Gasteiger partial charge in [0.2, 0.25) is 0 Å². The van der Waals surface area contributed by atoms with Gasteiger partial charge in [-0.2, -0.15) is 5.10 Å². The van der Waals surface area contributed by atoms with Crippen molar-refractivity contribution in [1.82, 2.24) is 9.78 Å². The third-order valence-corrected chi connectivity index (χ3v) is 6.02. The largest absolute Gasteiger partial charge is 0.327 e. The van der Waals surface area contributed by atoms with E-state index in [1.807, 2.05) is 13.8 Å². The number of sulfone groups is 1. The van der Waals surface area contributed by atoms with E-state index >= 15 is 0 Å². The number of nitrogens with two attached hydrogens (primary N) is 1. The first-order valence-electron chi connectivity index (χ1n) is 7.19. The lowest BCUT2D eigenvalue weighted by Crippen LogP contribution is -2.23. The molecule has 0 aromatic carbocycles. The van der Waals surface area contributed by atoms with E-state index < -0.39 is 9.84 Å². The van der Waals surface area contributed by atoms with E-state index in [2.05, 4.69) is 12.0 Å². The normalized spacial score (nSPS) is 13.9. The van der Waals surface area contributed by atoms with Gasteiger partial charge in [0, 0.05) is 11.7 Å². The van der Waals surface area contributed by atoms with Crippen LogP contribution >= 0.6 is 0 Å². The maximum atomic E-state index is 11.9. The number of aryl methyl sites for hydroxylation is 2. The van der Waals surface area contributed by atoms with E-state index in [1.54, 1.807) is 18.5 Å². The van der Waals surface area contributed by atoms with Crippen molar-refractivity contribution in [2.24, 2.45) is 5.73 Å². The van der Waals surface area contributed by atoms with Crippen molar-refractivity contribution >= 4 is 9.84 Å². The molecule has 1 heterocycles. The van der Waals surface area contributed by atoms with Gasteiger partial charge in [0.25, 0.3) is 0 Å². The van der Waals surface area contributed by atoms with Crippen LogP contribution in [0.5, 0.6) is 0 Å². The standard InChI is InChI=1S/C14H27N3O2S/c1-6-13(15)9-14-11(4)16-17(12(14)5)7-8-20(18,19)10(2)3/h10,13H,6-9,15H2,1-5H3. The maximum Gasteiger partial charge on any atom is 0.154 e. The lowest BCUT2D eigenvalue weighted by Gasteiger charge is -2.10. The molecule has 0 aliphatic heterocycles. The highest BCUT2D eigenvalue weighted by atomic mass is 32.2. The van der Waals surface area contributed by atoms with Crippen LogP contribution in [-0.2, 0) is 22.8 Å². The molecule has 0 radical (unpaired) electrons. The Kier molecular flexibility index (Phi) is 5.77. The average molecular weight is 301 g/mol. The van der Waals surface area contributed by atoms with Gasteiger partial charge in [-0.1, -0.05) is 6.92 Å². The Hall–Kier alpha value is -0.880. The van der Waals surface area contributed by atoms with E-state index in [-0.39, 0.29) is 17.0 Å². The molecule has 1 rings (SSSR count). The third kappa shape index (κ3) is 4.06. The number of aromatic nitrogens is 2. The van der Waals surface area contributed by atoms with Gasteiger partial charge in [-0.25, -0.2) is 8.42 Å². The number of rotatable bonds is 7. The second-order valence-electron chi connectivity index (χ2n) is 5.66. The summed E-state index contributed by atoms with van der Waals surface area (Å²) >= 11 is 0. The van der Waals surface area contributed by atoms with E-state index in [0.29, 0.717) is 6.54 Å². The Morgan fingerprint density at radius 2 is 1.90 bits per heavy atom. The van der Waals surface area contributed by atoms with Crippen LogP contribution in [0, 0.1) is 13.8 Å². The van der Waals surface area contributed by atoms with Crippen LogP contribution in [0.25, 0.3) is 0 Å². The third-order valence-electron chi connectivity index (χ3n) is 3.83. The Labute approximate surface area is 122 Å². The minimum Gasteiger partial charge on any atom is -0.327 e. The summed E-state index contributed by atoms with van der Waals surface area (Å²) in [6, 6.07) is 0.129. The SMILES string of the molecule is CCC(N)Cc1c(C)nn(CCS(=O)(=O)C(C)C)c1C. The van der Waals surface area contributed by atoms with E-state index in [9.17, 15) is 8.42 Å². The fourth-order valence-electron chi connectivity index (χ4n) is 2.10. The summed E-state index contributed by atoms with van der Waals surface area (Å²) in [5, 5.41) is 4.12. The molecule has 1 atom stereocenters. The van der Waals surface area contributed by atoms with Crippen molar-refractivity contribution in [2.45, 2.75) is 65.3 Å². The molecule has 1 unspecified atom stereocenters. The Morgan fingerprint density at radius 1 is 1.30 bits per heavy atom. The van der Waals surface area contributed by atoms with Crippen molar-refractivity contribution in [3.63, 3.8) is 0 Å². The monoisotopic (exact) mass is 301 g/mol. The van der Waals surface area contributed by atoms with E-state index in [1.165, 1.54) is 0 Å². The van der Waals surface area contributed by atoms with Crippen LogP contribution in [-0.4, -0.2) is 35.2 Å². The number of hydrogen-bond acceptors (Lipinski definition) is 4. The first-order valence-corrected chi connectivity index (χ1v) is 8.90. The first-order chi connectivity index (χ1) is 9.19. The van der Waals surface area contributed by atoms with Crippen LogP contribution < -0.4 is 5.73 Å². The molecule has 0 aliphatic rings.